The van der Waals surface area contributed by atoms with E-state index in [9.17, 15) is 9.18 Å². The van der Waals surface area contributed by atoms with Gasteiger partial charge in [0.05, 0.1) is 11.0 Å². The van der Waals surface area contributed by atoms with Crippen LogP contribution in [0.5, 0.6) is 0 Å². The fraction of sp³-hybridized carbons (Fsp3) is 0.296. The minimum absolute atomic E-state index is 0.127. The van der Waals surface area contributed by atoms with Gasteiger partial charge in [-0.2, -0.15) is 0 Å². The summed E-state index contributed by atoms with van der Waals surface area (Å²) in [6.07, 6.45) is 2.89. The van der Waals surface area contributed by atoms with Crippen LogP contribution in [0.25, 0.3) is 22.2 Å². The monoisotopic (exact) mass is 442 g/mol. The van der Waals surface area contributed by atoms with E-state index >= 15 is 0 Å². The predicted molar refractivity (Wildman–Crippen MR) is 127 cm³/mol. The molecule has 0 saturated carbocycles. The molecular formula is C27H27FN4O. The number of hydrogen-bond donors (Lipinski definition) is 1. The van der Waals surface area contributed by atoms with Crippen LogP contribution in [0.4, 0.5) is 4.39 Å². The predicted octanol–water partition coefficient (Wildman–Crippen LogP) is 5.41. The van der Waals surface area contributed by atoms with Crippen LogP contribution in [0, 0.1) is 12.7 Å². The first-order chi connectivity index (χ1) is 16.0. The van der Waals surface area contributed by atoms with Crippen LogP contribution in [0.2, 0.25) is 0 Å². The average molecular weight is 443 g/mol. The van der Waals surface area contributed by atoms with Gasteiger partial charge in [-0.15, -0.1) is 0 Å². The third-order valence-corrected chi connectivity index (χ3v) is 6.34. The van der Waals surface area contributed by atoms with E-state index in [1.165, 1.54) is 23.3 Å². The number of aryl methyl sites for hydroxylation is 2. The highest BCUT2D eigenvalue weighted by molar-refractivity contribution is 5.77. The number of benzene rings is 2. The topological polar surface area (TPSA) is 61.9 Å². The Bertz CT molecular complexity index is 1280. The summed E-state index contributed by atoms with van der Waals surface area (Å²) in [6, 6.07) is 19.1. The molecule has 0 radical (unpaired) electrons. The van der Waals surface area contributed by atoms with Crippen LogP contribution in [0.3, 0.4) is 0 Å². The lowest BCUT2D eigenvalue weighted by Gasteiger charge is -2.33. The van der Waals surface area contributed by atoms with E-state index in [0.717, 1.165) is 36.3 Å². The molecule has 1 atom stereocenters. The molecule has 33 heavy (non-hydrogen) atoms. The van der Waals surface area contributed by atoms with Crippen molar-refractivity contribution >= 4 is 16.9 Å². The smallest absolute Gasteiger partial charge is 0.223 e. The number of H-pyrrole nitrogens is 1. The molecule has 6 heteroatoms. The normalized spacial score (nSPS) is 16.3. The minimum atomic E-state index is -0.298. The highest BCUT2D eigenvalue weighted by atomic mass is 19.1. The first kappa shape index (κ1) is 21.3. The highest BCUT2D eigenvalue weighted by Gasteiger charge is 2.26. The van der Waals surface area contributed by atoms with Gasteiger partial charge in [-0.05, 0) is 61.2 Å². The molecule has 5 nitrogen and oxygen atoms in total. The molecule has 1 amide bonds. The van der Waals surface area contributed by atoms with Crippen molar-refractivity contribution in [3.8, 4) is 11.1 Å². The first-order valence-electron chi connectivity index (χ1n) is 11.5. The number of nitrogens with zero attached hydrogens (tertiary/aromatic N) is 3. The van der Waals surface area contributed by atoms with Crippen molar-refractivity contribution in [2.24, 2.45) is 0 Å². The molecule has 0 spiro atoms. The molecule has 4 aromatic rings. The standard InChI is InChI=1S/C27H27FN4O/c1-18-14-21(19-6-3-2-4-7-19)15-24(29-18)20-8-5-13-32(17-20)27(33)12-11-26-30-23-10-9-22(28)16-25(23)31-26/h2-4,6-7,9-10,14-16,20H,5,8,11-13,17H2,1H3,(H,30,31)/t20-/m1/s1. The van der Waals surface area contributed by atoms with E-state index in [1.807, 2.05) is 30.0 Å². The second-order valence-corrected chi connectivity index (χ2v) is 8.81. The van der Waals surface area contributed by atoms with Gasteiger partial charge in [-0.3, -0.25) is 9.78 Å². The fourth-order valence-corrected chi connectivity index (χ4v) is 4.68. The Kier molecular flexibility index (Phi) is 5.90. The lowest BCUT2D eigenvalue weighted by molar-refractivity contribution is -0.132. The van der Waals surface area contributed by atoms with Crippen molar-refractivity contribution in [2.75, 3.05) is 13.1 Å². The number of imidazole rings is 1. The second kappa shape index (κ2) is 9.14. The maximum atomic E-state index is 13.4. The Labute approximate surface area is 192 Å². The maximum Gasteiger partial charge on any atom is 0.223 e. The van der Waals surface area contributed by atoms with Crippen LogP contribution in [-0.2, 0) is 11.2 Å². The van der Waals surface area contributed by atoms with E-state index in [1.54, 1.807) is 6.07 Å². The summed E-state index contributed by atoms with van der Waals surface area (Å²) >= 11 is 0. The summed E-state index contributed by atoms with van der Waals surface area (Å²) in [6.45, 7) is 3.49. The summed E-state index contributed by atoms with van der Waals surface area (Å²) in [5.41, 5.74) is 5.79. The van der Waals surface area contributed by atoms with Gasteiger partial charge in [0.1, 0.15) is 11.6 Å². The zero-order chi connectivity index (χ0) is 22.8. The van der Waals surface area contributed by atoms with Crippen molar-refractivity contribution in [1.82, 2.24) is 19.9 Å². The summed E-state index contributed by atoms with van der Waals surface area (Å²) in [4.78, 5) is 27.4. The lowest BCUT2D eigenvalue weighted by Crippen LogP contribution is -2.39. The van der Waals surface area contributed by atoms with Crippen molar-refractivity contribution < 1.29 is 9.18 Å². The van der Waals surface area contributed by atoms with E-state index in [2.05, 4.69) is 34.2 Å². The average Bonchev–Trinajstić information content (AvgIpc) is 3.25. The molecule has 168 valence electrons. The number of aromatic nitrogens is 3. The van der Waals surface area contributed by atoms with Crippen LogP contribution < -0.4 is 0 Å². The number of piperidine rings is 1. The molecule has 1 aliphatic heterocycles. The zero-order valence-corrected chi connectivity index (χ0v) is 18.7. The molecule has 1 N–H and O–H groups in total. The number of fused-ring (bicyclic) bond motifs is 1. The summed E-state index contributed by atoms with van der Waals surface area (Å²) in [5, 5.41) is 0. The van der Waals surface area contributed by atoms with E-state index in [-0.39, 0.29) is 17.6 Å². The van der Waals surface area contributed by atoms with Gasteiger partial charge in [-0.25, -0.2) is 9.37 Å². The molecular weight excluding hydrogens is 415 g/mol. The molecule has 1 saturated heterocycles. The highest BCUT2D eigenvalue weighted by Crippen LogP contribution is 2.30. The van der Waals surface area contributed by atoms with Crippen LogP contribution in [0.1, 0.15) is 42.4 Å². The molecule has 0 bridgehead atoms. The molecule has 0 unspecified atom stereocenters. The Hall–Kier alpha value is -3.54. The molecule has 1 aliphatic rings. The zero-order valence-electron chi connectivity index (χ0n) is 18.7. The molecule has 3 heterocycles. The molecule has 5 rings (SSSR count). The van der Waals surface area contributed by atoms with Crippen molar-refractivity contribution in [1.29, 1.82) is 0 Å². The minimum Gasteiger partial charge on any atom is -0.342 e. The van der Waals surface area contributed by atoms with Gasteiger partial charge in [0.15, 0.2) is 0 Å². The van der Waals surface area contributed by atoms with Gasteiger partial charge >= 0.3 is 0 Å². The Balaban J connectivity index is 1.26. The van der Waals surface area contributed by atoms with Gasteiger partial charge in [0.25, 0.3) is 0 Å². The van der Waals surface area contributed by atoms with Crippen molar-refractivity contribution in [3.63, 3.8) is 0 Å². The third-order valence-electron chi connectivity index (χ3n) is 6.34. The van der Waals surface area contributed by atoms with Gasteiger partial charge in [-0.1, -0.05) is 30.3 Å². The fourth-order valence-electron chi connectivity index (χ4n) is 4.68. The number of aromatic amines is 1. The number of pyridine rings is 1. The number of amides is 1. The summed E-state index contributed by atoms with van der Waals surface area (Å²) in [7, 11) is 0. The second-order valence-electron chi connectivity index (χ2n) is 8.81. The molecule has 0 aliphatic carbocycles. The lowest BCUT2D eigenvalue weighted by atomic mass is 9.92. The van der Waals surface area contributed by atoms with Gasteiger partial charge in [0, 0.05) is 43.2 Å². The number of rotatable bonds is 5. The third kappa shape index (κ3) is 4.80. The summed E-state index contributed by atoms with van der Waals surface area (Å²) in [5.74, 6) is 0.778. The van der Waals surface area contributed by atoms with Crippen LogP contribution >= 0.6 is 0 Å². The van der Waals surface area contributed by atoms with Crippen LogP contribution in [-0.4, -0.2) is 38.8 Å². The number of nitrogens with one attached hydrogen (secondary N) is 1. The number of carbonyl (C=O) groups is 1. The van der Waals surface area contributed by atoms with E-state index in [0.29, 0.717) is 30.7 Å². The van der Waals surface area contributed by atoms with Gasteiger partial charge in [0.2, 0.25) is 5.91 Å². The van der Waals surface area contributed by atoms with Gasteiger partial charge < -0.3 is 9.88 Å². The van der Waals surface area contributed by atoms with Crippen LogP contribution in [0.15, 0.2) is 60.7 Å². The number of halogens is 1. The summed E-state index contributed by atoms with van der Waals surface area (Å²) < 4.78 is 13.4. The number of likely N-dealkylation sites (tertiary alicyclic amines) is 1. The SMILES string of the molecule is Cc1cc(-c2ccccc2)cc([C@@H]2CCCN(C(=O)CCc3nc4ccc(F)cc4[nH]3)C2)n1. The Morgan fingerprint density at radius 2 is 1.94 bits per heavy atom. The first-order valence-corrected chi connectivity index (χ1v) is 11.5. The maximum absolute atomic E-state index is 13.4. The van der Waals surface area contributed by atoms with E-state index in [4.69, 9.17) is 4.98 Å². The molecule has 2 aromatic carbocycles. The van der Waals surface area contributed by atoms with Crippen molar-refractivity contribution in [2.45, 2.75) is 38.5 Å². The Morgan fingerprint density at radius 3 is 2.79 bits per heavy atom. The van der Waals surface area contributed by atoms with E-state index < -0.39 is 0 Å². The molecule has 1 fully saturated rings. The number of carbonyl (C=O) groups excluding carboxylic acids is 1. The quantitative estimate of drug-likeness (QED) is 0.449. The van der Waals surface area contributed by atoms with Crippen molar-refractivity contribution in [3.05, 3.63) is 83.7 Å². The molecule has 2 aromatic heterocycles. The largest absolute Gasteiger partial charge is 0.342 e. The Morgan fingerprint density at radius 1 is 1.09 bits per heavy atom. The number of hydrogen-bond acceptors (Lipinski definition) is 3.